The van der Waals surface area contributed by atoms with E-state index >= 15 is 0 Å². The van der Waals surface area contributed by atoms with Gasteiger partial charge >= 0.3 is 0 Å². The number of rotatable bonds is 8. The van der Waals surface area contributed by atoms with Crippen molar-refractivity contribution < 1.29 is 68.6 Å². The molecule has 8 atom stereocenters. The number of ether oxygens (including phenoxy) is 4. The summed E-state index contributed by atoms with van der Waals surface area (Å²) in [4.78, 5) is 62.2. The van der Waals surface area contributed by atoms with Crippen LogP contribution < -0.4 is 19.7 Å². The van der Waals surface area contributed by atoms with Crippen LogP contribution in [0.4, 0.5) is 5.69 Å². The Balaban J connectivity index is 1.38. The van der Waals surface area contributed by atoms with Crippen molar-refractivity contribution in [3.63, 3.8) is 0 Å². The maximum absolute atomic E-state index is 14.5. The van der Waals surface area contributed by atoms with Gasteiger partial charge in [0.05, 0.1) is 24.5 Å². The van der Waals surface area contributed by atoms with E-state index in [0.717, 1.165) is 0 Å². The number of nitrogens with one attached hydrogen (secondary N) is 3. The summed E-state index contributed by atoms with van der Waals surface area (Å²) in [6.07, 6.45) is -6.56. The smallest absolute Gasteiger partial charge is 0.284 e. The zero-order chi connectivity index (χ0) is 40.1. The molecule has 3 aromatic carbocycles. The molecule has 8 N–H and O–H groups in total. The topological polar surface area (TPSA) is 271 Å². The number of aliphatic hydroxyl groups excluding tert-OH is 5. The van der Waals surface area contributed by atoms with Crippen molar-refractivity contribution in [1.82, 2.24) is 5.32 Å². The van der Waals surface area contributed by atoms with Gasteiger partial charge in [-0.05, 0) is 35.9 Å². The first-order valence-corrected chi connectivity index (χ1v) is 17.9. The lowest BCUT2D eigenvalue weighted by molar-refractivity contribution is -0.723. The summed E-state index contributed by atoms with van der Waals surface area (Å²) >= 11 is 0. The molecule has 3 aromatic rings. The SMILES string of the molecule is N=C1N=C2C(=NC[NH+]2c2ccccc2C2C=COCC3OC(Oc4c2cc2c(c4OCC(O)CC=O)C(=O)c4cc(CO)ccc4C2=O)C(O)C(O)C3O)C(=O)N1. The fourth-order valence-electron chi connectivity index (χ4n) is 7.51. The molecule has 4 heterocycles. The molecule has 4 aliphatic heterocycles. The molecule has 2 bridgehead atoms. The lowest BCUT2D eigenvalue weighted by atomic mass is 9.79. The van der Waals surface area contributed by atoms with Gasteiger partial charge in [0.25, 0.3) is 11.7 Å². The van der Waals surface area contributed by atoms with Gasteiger partial charge in [0, 0.05) is 40.2 Å². The number of aldehydes is 1. The summed E-state index contributed by atoms with van der Waals surface area (Å²) < 4.78 is 24.3. The monoisotopic (exact) mass is 782 g/mol. The molecule has 18 heteroatoms. The maximum atomic E-state index is 14.5. The van der Waals surface area contributed by atoms with Gasteiger partial charge in [-0.2, -0.15) is 4.99 Å². The first-order chi connectivity index (χ1) is 27.5. The van der Waals surface area contributed by atoms with Gasteiger partial charge < -0.3 is 49.3 Å². The molecule has 18 nitrogen and oxygen atoms in total. The lowest BCUT2D eigenvalue weighted by Gasteiger charge is -2.40. The average molecular weight is 783 g/mol. The molecule has 57 heavy (non-hydrogen) atoms. The number of amidine groups is 1. The largest absolute Gasteiger partial charge is 0.499 e. The Hall–Kier alpha value is -5.99. The molecule has 8 rings (SSSR count). The quantitative estimate of drug-likeness (QED) is 0.0951. The third-order valence-electron chi connectivity index (χ3n) is 10.3. The van der Waals surface area contributed by atoms with Gasteiger partial charge in [0.15, 0.2) is 29.7 Å². The molecule has 294 valence electrons. The number of aliphatic imine (C=N–C) groups is 2. The predicted octanol–water partition coefficient (Wildman–Crippen LogP) is -1.46. The Morgan fingerprint density at radius 3 is 2.60 bits per heavy atom. The van der Waals surface area contributed by atoms with Gasteiger partial charge in [0.1, 0.15) is 49.6 Å². The summed E-state index contributed by atoms with van der Waals surface area (Å²) in [5.41, 5.74) is 1.15. The summed E-state index contributed by atoms with van der Waals surface area (Å²) in [7, 11) is 0. The fraction of sp³-hybridized carbons (Fsp3) is 0.308. The van der Waals surface area contributed by atoms with Crippen LogP contribution in [0.15, 0.2) is 70.9 Å². The van der Waals surface area contributed by atoms with Crippen molar-refractivity contribution in [1.29, 1.82) is 5.41 Å². The Kier molecular flexibility index (Phi) is 10.1. The number of nitrogens with zero attached hydrogens (tertiary/aromatic N) is 2. The number of hydrogen-bond acceptors (Lipinski definition) is 15. The summed E-state index contributed by atoms with van der Waals surface area (Å²) in [6.45, 7) is -1.29. The number of ketones is 2. The van der Waals surface area contributed by atoms with Gasteiger partial charge in [-0.25, -0.2) is 9.89 Å². The number of aliphatic hydroxyl groups is 5. The van der Waals surface area contributed by atoms with Crippen LogP contribution in [-0.2, 0) is 25.7 Å². The van der Waals surface area contributed by atoms with E-state index in [4.69, 9.17) is 24.4 Å². The first-order valence-electron chi connectivity index (χ1n) is 17.9. The third-order valence-corrected chi connectivity index (χ3v) is 10.3. The second kappa shape index (κ2) is 15.2. The highest BCUT2D eigenvalue weighted by molar-refractivity contribution is 6.68. The minimum atomic E-state index is -1.87. The Bertz CT molecular complexity index is 2310. The summed E-state index contributed by atoms with van der Waals surface area (Å²) in [6, 6.07) is 12.7. The number of carbonyl (C=O) groups excluding carboxylic acids is 4. The van der Waals surface area contributed by atoms with Gasteiger partial charge in [0.2, 0.25) is 18.0 Å². The maximum Gasteiger partial charge on any atom is 0.284 e. The van der Waals surface area contributed by atoms with E-state index in [1.165, 1.54) is 30.5 Å². The van der Waals surface area contributed by atoms with Crippen molar-refractivity contribution in [2.75, 3.05) is 19.9 Å². The molecule has 1 saturated heterocycles. The number of guanidine groups is 1. The van der Waals surface area contributed by atoms with E-state index in [9.17, 15) is 44.7 Å². The van der Waals surface area contributed by atoms with Crippen molar-refractivity contribution in [2.45, 2.75) is 55.8 Å². The van der Waals surface area contributed by atoms with Crippen LogP contribution in [0.25, 0.3) is 0 Å². The van der Waals surface area contributed by atoms with E-state index in [-0.39, 0.29) is 76.5 Å². The zero-order valence-electron chi connectivity index (χ0n) is 29.8. The molecule has 0 aromatic heterocycles. The van der Waals surface area contributed by atoms with Crippen LogP contribution in [-0.4, -0.2) is 123 Å². The Morgan fingerprint density at radius 1 is 1.00 bits per heavy atom. The molecule has 5 aliphatic rings. The van der Waals surface area contributed by atoms with Crippen LogP contribution in [0, 0.1) is 5.41 Å². The van der Waals surface area contributed by atoms with Crippen LogP contribution in [0.2, 0.25) is 0 Å². The minimum absolute atomic E-state index is 0.0223. The fourth-order valence-corrected chi connectivity index (χ4v) is 7.51. The molecule has 0 radical (unpaired) electrons. The van der Waals surface area contributed by atoms with E-state index in [1.807, 2.05) is 0 Å². The van der Waals surface area contributed by atoms with E-state index in [1.54, 1.807) is 30.3 Å². The number of carbonyl (C=O) groups is 4. The van der Waals surface area contributed by atoms with E-state index in [0.29, 0.717) is 28.0 Å². The highest BCUT2D eigenvalue weighted by atomic mass is 16.7. The number of allylic oxidation sites excluding steroid dienone is 1. The number of amides is 1. The van der Waals surface area contributed by atoms with Crippen molar-refractivity contribution in [2.24, 2.45) is 9.98 Å². The zero-order valence-corrected chi connectivity index (χ0v) is 29.8. The standard InChI is InChI=1S/C39H35N5O13/c40-39-42-36-28(37(53)43-39)41-16-44(36)25-4-2-1-3-20(25)19-8-10-54-15-26-31(50)32(51)33(52)38(56-26)57-34-23(19)12-24-27(35(34)55-14-18(47)7-9-45)30(49)22-11-17(13-46)5-6-21(22)29(24)48/h1-6,8-12,18-19,26,31-33,38,46-47,50-52H,7,13-16H2,(H2,40,43,53)/p+1. The molecule has 1 aliphatic carbocycles. The number of quaternary nitrogens is 1. The molecule has 8 unspecified atom stereocenters. The number of benzene rings is 3. The normalized spacial score (nSPS) is 26.9. The molecule has 0 saturated carbocycles. The number of hydrogen-bond donors (Lipinski definition) is 8. The molecular formula is C39H36N5O13+. The summed E-state index contributed by atoms with van der Waals surface area (Å²) in [5.74, 6) is -3.68. The molecule has 1 amide bonds. The Morgan fingerprint density at radius 2 is 1.81 bits per heavy atom. The highest BCUT2D eigenvalue weighted by Gasteiger charge is 2.48. The van der Waals surface area contributed by atoms with E-state index in [2.05, 4.69) is 15.3 Å². The van der Waals surface area contributed by atoms with Gasteiger partial charge in [-0.15, -0.1) is 0 Å². The van der Waals surface area contributed by atoms with Crippen molar-refractivity contribution >= 4 is 47.0 Å². The first kappa shape index (κ1) is 37.9. The van der Waals surface area contributed by atoms with Crippen LogP contribution in [0.5, 0.6) is 11.5 Å². The summed E-state index contributed by atoms with van der Waals surface area (Å²) in [5, 5.41) is 63.8. The molecule has 1 fully saturated rings. The number of fused-ring (bicyclic) bond motifs is 6. The molecule has 0 spiro atoms. The Labute approximate surface area is 322 Å². The van der Waals surface area contributed by atoms with Crippen LogP contribution in [0.3, 0.4) is 0 Å². The van der Waals surface area contributed by atoms with Crippen molar-refractivity contribution in [3.05, 3.63) is 99.8 Å². The van der Waals surface area contributed by atoms with Crippen LogP contribution in [0.1, 0.15) is 60.9 Å². The minimum Gasteiger partial charge on any atom is -0.499 e. The second-order valence-electron chi connectivity index (χ2n) is 13.9. The third kappa shape index (κ3) is 6.61. The molecular weight excluding hydrogens is 746 g/mol. The van der Waals surface area contributed by atoms with Gasteiger partial charge in [-0.1, -0.05) is 24.3 Å². The van der Waals surface area contributed by atoms with E-state index < -0.39 is 73.4 Å². The van der Waals surface area contributed by atoms with Gasteiger partial charge in [-0.3, -0.25) is 25.1 Å². The average Bonchev–Trinajstić information content (AvgIpc) is 3.62. The van der Waals surface area contributed by atoms with Crippen molar-refractivity contribution in [3.8, 4) is 11.5 Å². The second-order valence-corrected chi connectivity index (χ2v) is 13.9. The number of para-hydroxylation sites is 1. The lowest BCUT2D eigenvalue weighted by Crippen LogP contribution is -3.09. The predicted molar refractivity (Wildman–Crippen MR) is 195 cm³/mol. The highest BCUT2D eigenvalue weighted by Crippen LogP contribution is 2.48. The van der Waals surface area contributed by atoms with Crippen LogP contribution >= 0.6 is 0 Å².